The normalized spacial score (nSPS) is 10.1. The van der Waals surface area contributed by atoms with Crippen LogP contribution in [0.25, 0.3) is 0 Å². The first-order valence-corrected chi connectivity index (χ1v) is 6.39. The Hall–Kier alpha value is -2.50. The van der Waals surface area contributed by atoms with E-state index >= 15 is 0 Å². The van der Waals surface area contributed by atoms with Crippen molar-refractivity contribution in [1.29, 1.82) is 0 Å². The number of amides is 1. The molecule has 0 atom stereocenters. The molecule has 2 rings (SSSR count). The van der Waals surface area contributed by atoms with Gasteiger partial charge in [-0.3, -0.25) is 14.8 Å². The topological polar surface area (TPSA) is 79.8 Å². The highest BCUT2D eigenvalue weighted by Gasteiger charge is 2.08. The molecule has 104 valence electrons. The van der Waals surface area contributed by atoms with Crippen LogP contribution in [0.1, 0.15) is 21.7 Å². The van der Waals surface area contributed by atoms with Gasteiger partial charge in [0, 0.05) is 31.2 Å². The van der Waals surface area contributed by atoms with E-state index in [1.165, 1.54) is 0 Å². The van der Waals surface area contributed by atoms with Gasteiger partial charge in [-0.1, -0.05) is 0 Å². The molecule has 6 nitrogen and oxygen atoms in total. The standard InChI is InChI=1S/C14H17N5O/c1-10-3-4-12(11(2)19-10)14(20)18-8-7-17-13-9-15-5-6-16-13/h3-6,9H,7-8H2,1-2H3,(H,16,17)(H,18,20). The smallest absolute Gasteiger partial charge is 0.253 e. The van der Waals surface area contributed by atoms with Crippen LogP contribution in [0.5, 0.6) is 0 Å². The van der Waals surface area contributed by atoms with Crippen molar-refractivity contribution in [1.82, 2.24) is 20.3 Å². The second-order valence-corrected chi connectivity index (χ2v) is 4.36. The summed E-state index contributed by atoms with van der Waals surface area (Å²) in [7, 11) is 0. The number of anilines is 1. The SMILES string of the molecule is Cc1ccc(C(=O)NCCNc2cnccn2)c(C)n1. The Balaban J connectivity index is 1.80. The molecule has 2 aromatic heterocycles. The summed E-state index contributed by atoms with van der Waals surface area (Å²) in [6.45, 7) is 4.82. The number of aromatic nitrogens is 3. The number of nitrogens with zero attached hydrogens (tertiary/aromatic N) is 3. The van der Waals surface area contributed by atoms with Crippen molar-refractivity contribution in [2.75, 3.05) is 18.4 Å². The van der Waals surface area contributed by atoms with Gasteiger partial charge in [0.25, 0.3) is 5.91 Å². The van der Waals surface area contributed by atoms with Crippen LogP contribution in [0.3, 0.4) is 0 Å². The Morgan fingerprint density at radius 2 is 2.05 bits per heavy atom. The highest BCUT2D eigenvalue weighted by Crippen LogP contribution is 2.06. The molecule has 0 radical (unpaired) electrons. The molecule has 0 spiro atoms. The number of hydrogen-bond acceptors (Lipinski definition) is 5. The molecule has 6 heteroatoms. The molecule has 0 unspecified atom stereocenters. The molecule has 0 bridgehead atoms. The van der Waals surface area contributed by atoms with Gasteiger partial charge in [0.05, 0.1) is 17.5 Å². The predicted molar refractivity (Wildman–Crippen MR) is 76.6 cm³/mol. The lowest BCUT2D eigenvalue weighted by Crippen LogP contribution is -2.29. The van der Waals surface area contributed by atoms with Crippen molar-refractivity contribution in [3.63, 3.8) is 0 Å². The van der Waals surface area contributed by atoms with Crippen LogP contribution < -0.4 is 10.6 Å². The second kappa shape index (κ2) is 6.60. The van der Waals surface area contributed by atoms with E-state index in [-0.39, 0.29) is 5.91 Å². The van der Waals surface area contributed by atoms with E-state index in [2.05, 4.69) is 25.6 Å². The van der Waals surface area contributed by atoms with E-state index in [0.29, 0.717) is 24.5 Å². The maximum atomic E-state index is 12.0. The van der Waals surface area contributed by atoms with Crippen LogP contribution in [0, 0.1) is 13.8 Å². The summed E-state index contributed by atoms with van der Waals surface area (Å²) in [5, 5.41) is 5.91. The van der Waals surface area contributed by atoms with Crippen LogP contribution >= 0.6 is 0 Å². The van der Waals surface area contributed by atoms with Gasteiger partial charge in [0.15, 0.2) is 0 Å². The number of nitrogens with one attached hydrogen (secondary N) is 2. The lowest BCUT2D eigenvalue weighted by Gasteiger charge is -2.08. The molecular formula is C14H17N5O. The summed E-state index contributed by atoms with van der Waals surface area (Å²) in [6.07, 6.45) is 4.86. The zero-order valence-electron chi connectivity index (χ0n) is 11.6. The molecule has 2 N–H and O–H groups in total. The van der Waals surface area contributed by atoms with Crippen LogP contribution in [0.15, 0.2) is 30.7 Å². The van der Waals surface area contributed by atoms with Crippen LogP contribution in [0.2, 0.25) is 0 Å². The third kappa shape index (κ3) is 3.74. The summed E-state index contributed by atoms with van der Waals surface area (Å²) in [5.74, 6) is 0.575. The number of pyridine rings is 1. The van der Waals surface area contributed by atoms with E-state index in [1.54, 1.807) is 24.7 Å². The lowest BCUT2D eigenvalue weighted by molar-refractivity contribution is 0.0954. The van der Waals surface area contributed by atoms with Crippen molar-refractivity contribution in [3.8, 4) is 0 Å². The fourth-order valence-electron chi connectivity index (χ4n) is 1.78. The molecular weight excluding hydrogens is 254 g/mol. The van der Waals surface area contributed by atoms with Crippen molar-refractivity contribution in [2.45, 2.75) is 13.8 Å². The van der Waals surface area contributed by atoms with Crippen LogP contribution in [-0.4, -0.2) is 33.9 Å². The average Bonchev–Trinajstić information content (AvgIpc) is 2.44. The van der Waals surface area contributed by atoms with Gasteiger partial charge < -0.3 is 10.6 Å². The molecule has 2 heterocycles. The number of aryl methyl sites for hydroxylation is 2. The fourth-order valence-corrected chi connectivity index (χ4v) is 1.78. The molecule has 0 aliphatic heterocycles. The molecule has 1 amide bonds. The van der Waals surface area contributed by atoms with Crippen LogP contribution in [0.4, 0.5) is 5.82 Å². The van der Waals surface area contributed by atoms with Crippen molar-refractivity contribution < 1.29 is 4.79 Å². The van der Waals surface area contributed by atoms with Crippen molar-refractivity contribution in [2.24, 2.45) is 0 Å². The lowest BCUT2D eigenvalue weighted by atomic mass is 10.2. The molecule has 0 fully saturated rings. The van der Waals surface area contributed by atoms with E-state index in [0.717, 1.165) is 11.4 Å². The first kappa shape index (κ1) is 13.9. The van der Waals surface area contributed by atoms with Gasteiger partial charge in [-0.2, -0.15) is 0 Å². The molecule has 0 aliphatic rings. The molecule has 2 aromatic rings. The zero-order valence-corrected chi connectivity index (χ0v) is 11.6. The third-order valence-electron chi connectivity index (χ3n) is 2.75. The highest BCUT2D eigenvalue weighted by atomic mass is 16.1. The molecule has 0 aliphatic carbocycles. The molecule has 0 saturated carbocycles. The van der Waals surface area contributed by atoms with Gasteiger partial charge in [-0.15, -0.1) is 0 Å². The number of carbonyl (C=O) groups excluding carboxylic acids is 1. The summed E-state index contributed by atoms with van der Waals surface area (Å²) in [5.41, 5.74) is 2.25. The van der Waals surface area contributed by atoms with E-state index in [1.807, 2.05) is 19.9 Å². The third-order valence-corrected chi connectivity index (χ3v) is 2.75. The van der Waals surface area contributed by atoms with Crippen LogP contribution in [-0.2, 0) is 0 Å². The molecule has 20 heavy (non-hydrogen) atoms. The predicted octanol–water partition coefficient (Wildman–Crippen LogP) is 1.33. The zero-order chi connectivity index (χ0) is 14.4. The summed E-state index contributed by atoms with van der Waals surface area (Å²) in [6, 6.07) is 3.63. The minimum Gasteiger partial charge on any atom is -0.367 e. The summed E-state index contributed by atoms with van der Waals surface area (Å²) < 4.78 is 0. The number of rotatable bonds is 5. The monoisotopic (exact) mass is 271 g/mol. The van der Waals surface area contributed by atoms with Crippen molar-refractivity contribution >= 4 is 11.7 Å². The minimum absolute atomic E-state index is 0.115. The Kier molecular flexibility index (Phi) is 4.60. The van der Waals surface area contributed by atoms with E-state index in [9.17, 15) is 4.79 Å². The van der Waals surface area contributed by atoms with Gasteiger partial charge in [0.2, 0.25) is 0 Å². The first-order valence-electron chi connectivity index (χ1n) is 6.39. The fraction of sp³-hybridized carbons (Fsp3) is 0.286. The average molecular weight is 271 g/mol. The number of hydrogen-bond donors (Lipinski definition) is 2. The Morgan fingerprint density at radius 1 is 1.20 bits per heavy atom. The maximum absolute atomic E-state index is 12.0. The maximum Gasteiger partial charge on any atom is 0.253 e. The number of carbonyl (C=O) groups is 1. The minimum atomic E-state index is -0.115. The van der Waals surface area contributed by atoms with Gasteiger partial charge in [-0.05, 0) is 26.0 Å². The first-order chi connectivity index (χ1) is 9.66. The summed E-state index contributed by atoms with van der Waals surface area (Å²) >= 11 is 0. The van der Waals surface area contributed by atoms with Gasteiger partial charge in [-0.25, -0.2) is 4.98 Å². The molecule has 0 aromatic carbocycles. The van der Waals surface area contributed by atoms with Gasteiger partial charge in [0.1, 0.15) is 5.82 Å². The molecule has 0 saturated heterocycles. The van der Waals surface area contributed by atoms with Crippen molar-refractivity contribution in [3.05, 3.63) is 47.7 Å². The summed E-state index contributed by atoms with van der Waals surface area (Å²) in [4.78, 5) is 24.3. The van der Waals surface area contributed by atoms with E-state index in [4.69, 9.17) is 0 Å². The van der Waals surface area contributed by atoms with E-state index < -0.39 is 0 Å². The Bertz CT molecular complexity index is 585. The Labute approximate surface area is 117 Å². The van der Waals surface area contributed by atoms with Gasteiger partial charge >= 0.3 is 0 Å². The second-order valence-electron chi connectivity index (χ2n) is 4.36. The largest absolute Gasteiger partial charge is 0.367 e. The Morgan fingerprint density at radius 3 is 2.75 bits per heavy atom. The quantitative estimate of drug-likeness (QED) is 0.802. The highest BCUT2D eigenvalue weighted by molar-refractivity contribution is 5.95.